The van der Waals surface area contributed by atoms with Gasteiger partial charge in [0.25, 0.3) is 0 Å². The van der Waals surface area contributed by atoms with Crippen molar-refractivity contribution < 1.29 is 81.7 Å². The van der Waals surface area contributed by atoms with E-state index in [4.69, 9.17) is 0 Å². The zero-order chi connectivity index (χ0) is 49.4. The van der Waals surface area contributed by atoms with Gasteiger partial charge in [-0.05, 0) is 193 Å². The lowest BCUT2D eigenvalue weighted by atomic mass is 9.79. The van der Waals surface area contributed by atoms with Gasteiger partial charge in [-0.2, -0.15) is 0 Å². The Labute approximate surface area is 391 Å². The van der Waals surface area contributed by atoms with Gasteiger partial charge in [0, 0.05) is 13.2 Å². The van der Waals surface area contributed by atoms with Crippen LogP contribution >= 0.6 is 0 Å². The van der Waals surface area contributed by atoms with Gasteiger partial charge in [-0.25, -0.2) is 0 Å². The zero-order valence-corrected chi connectivity index (χ0v) is 37.1. The van der Waals surface area contributed by atoms with Crippen LogP contribution in [0.1, 0.15) is 68.5 Å². The average molecular weight is 939 g/mol. The van der Waals surface area contributed by atoms with E-state index >= 15 is 0 Å². The highest BCUT2D eigenvalue weighted by Crippen LogP contribution is 2.41. The summed E-state index contributed by atoms with van der Waals surface area (Å²) in [6.07, 6.45) is 3.38. The van der Waals surface area contributed by atoms with Crippen molar-refractivity contribution in [3.8, 4) is 80.5 Å². The molecule has 0 saturated carbocycles. The Kier molecular flexibility index (Phi) is 16.0. The molecule has 2 atom stereocenters. The minimum absolute atomic E-state index is 0.0292. The molecule has 16 N–H and O–H groups in total. The van der Waals surface area contributed by atoms with E-state index in [-0.39, 0.29) is 82.0 Å². The van der Waals surface area contributed by atoms with E-state index in [0.717, 1.165) is 11.1 Å². The van der Waals surface area contributed by atoms with Gasteiger partial charge in [0.05, 0.1) is 0 Å². The van der Waals surface area contributed by atoms with Crippen LogP contribution in [0, 0.1) is 11.8 Å². The Morgan fingerprint density at radius 2 is 0.529 bits per heavy atom. The van der Waals surface area contributed by atoms with Gasteiger partial charge in [-0.1, -0.05) is 24.3 Å². The monoisotopic (exact) mass is 938 g/mol. The van der Waals surface area contributed by atoms with Crippen LogP contribution < -0.4 is 0 Å². The first-order chi connectivity index (χ1) is 32.3. The predicted molar refractivity (Wildman–Crippen MR) is 249 cm³/mol. The number of rotatable bonds is 21. The molecule has 0 fully saturated rings. The molecule has 0 aliphatic rings. The lowest BCUT2D eigenvalue weighted by Crippen LogP contribution is -2.24. The Morgan fingerprint density at radius 3 is 0.765 bits per heavy atom. The summed E-state index contributed by atoms with van der Waals surface area (Å²) in [5, 5.41) is 165. The fourth-order valence-corrected chi connectivity index (χ4v) is 8.84. The maximum absolute atomic E-state index is 11.6. The van der Waals surface area contributed by atoms with E-state index in [1.54, 1.807) is 12.1 Å². The second kappa shape index (κ2) is 21.8. The first kappa shape index (κ1) is 49.9. The van der Waals surface area contributed by atoms with E-state index in [1.165, 1.54) is 48.5 Å². The molecular weight excluding hydrogens is 881 g/mol. The van der Waals surface area contributed by atoms with Crippen molar-refractivity contribution in [3.05, 3.63) is 128 Å². The smallest absolute Gasteiger partial charge is 0.200 e. The van der Waals surface area contributed by atoms with Crippen molar-refractivity contribution in [1.29, 1.82) is 0 Å². The third kappa shape index (κ3) is 12.1. The molecule has 0 saturated heterocycles. The van der Waals surface area contributed by atoms with Crippen LogP contribution in [0.25, 0.3) is 0 Å². The van der Waals surface area contributed by atoms with Crippen molar-refractivity contribution in [2.75, 3.05) is 13.2 Å². The molecule has 16 nitrogen and oxygen atoms in total. The number of hydrogen-bond donors (Lipinski definition) is 16. The molecule has 0 aliphatic carbocycles. The molecule has 0 spiro atoms. The third-order valence-electron chi connectivity index (χ3n) is 12.5. The molecule has 6 aromatic carbocycles. The minimum atomic E-state index is -0.662. The largest absolute Gasteiger partial charge is 0.507 e. The second-order valence-corrected chi connectivity index (χ2v) is 17.4. The van der Waals surface area contributed by atoms with Crippen LogP contribution in [-0.4, -0.2) is 94.9 Å². The number of aliphatic hydroxyl groups excluding tert-OH is 2. The van der Waals surface area contributed by atoms with E-state index < -0.39 is 74.9 Å². The molecule has 16 heteroatoms. The van der Waals surface area contributed by atoms with E-state index in [0.29, 0.717) is 70.2 Å². The van der Waals surface area contributed by atoms with Crippen molar-refractivity contribution in [2.24, 2.45) is 11.8 Å². The maximum Gasteiger partial charge on any atom is 0.200 e. The number of aromatic hydroxyl groups is 14. The summed E-state index contributed by atoms with van der Waals surface area (Å²) in [4.78, 5) is 0. The van der Waals surface area contributed by atoms with Crippen molar-refractivity contribution >= 4 is 0 Å². The van der Waals surface area contributed by atoms with Gasteiger partial charge in [0.2, 0.25) is 0 Å². The number of phenols is 14. The molecule has 6 rings (SSSR count). The standard InChI is InChI=1S/C52H58O16/c53-11-1-2-33(12-31-13-34(7-3-27-18-39(55)49(65)40(56)19-27)47(63)35(14-31)8-4-28-20-41(57)50(66)42(58)21-28)38(26-54)17-32-15-36(9-5-29-22-43(59)51(67)44(60)23-29)48(64)37(16-32)10-6-30-24-45(61)52(68)46(62)25-30/h13-16,18-25,33,38,53-68H,1-12,17,26H2/t33-,38+/m0/s1. The Morgan fingerprint density at radius 1 is 0.279 bits per heavy atom. The Bertz CT molecular complexity index is 2490. The van der Waals surface area contributed by atoms with Gasteiger partial charge >= 0.3 is 0 Å². The minimum Gasteiger partial charge on any atom is -0.507 e. The zero-order valence-electron chi connectivity index (χ0n) is 37.1. The van der Waals surface area contributed by atoms with Gasteiger partial charge in [0.1, 0.15) is 11.5 Å². The van der Waals surface area contributed by atoms with Crippen LogP contribution in [0.4, 0.5) is 0 Å². The summed E-state index contributed by atoms with van der Waals surface area (Å²) in [5.74, 6) is -7.48. The lowest BCUT2D eigenvalue weighted by molar-refractivity contribution is 0.158. The summed E-state index contributed by atoms with van der Waals surface area (Å²) < 4.78 is 0. The summed E-state index contributed by atoms with van der Waals surface area (Å²) >= 11 is 0. The molecule has 0 bridgehead atoms. The van der Waals surface area contributed by atoms with Gasteiger partial charge < -0.3 is 81.7 Å². The maximum atomic E-state index is 11.6. The third-order valence-corrected chi connectivity index (χ3v) is 12.5. The van der Waals surface area contributed by atoms with Crippen LogP contribution in [0.15, 0.2) is 72.8 Å². The highest BCUT2D eigenvalue weighted by molar-refractivity contribution is 5.55. The van der Waals surface area contributed by atoms with Crippen molar-refractivity contribution in [2.45, 2.75) is 77.0 Å². The molecule has 0 aliphatic heterocycles. The Hall–Kier alpha value is -7.56. The van der Waals surface area contributed by atoms with E-state index in [1.807, 2.05) is 12.1 Å². The first-order valence-corrected chi connectivity index (χ1v) is 22.2. The van der Waals surface area contributed by atoms with Gasteiger partial charge in [0.15, 0.2) is 69.0 Å². The quantitative estimate of drug-likeness (QED) is 0.0343. The molecule has 68 heavy (non-hydrogen) atoms. The summed E-state index contributed by atoms with van der Waals surface area (Å²) in [7, 11) is 0. The number of hydrogen-bond acceptors (Lipinski definition) is 16. The van der Waals surface area contributed by atoms with Crippen LogP contribution in [0.3, 0.4) is 0 Å². The molecule has 0 amide bonds. The van der Waals surface area contributed by atoms with Crippen molar-refractivity contribution in [1.82, 2.24) is 0 Å². The van der Waals surface area contributed by atoms with E-state index in [9.17, 15) is 81.7 Å². The molecule has 362 valence electrons. The number of phenolic OH excluding ortho intramolecular Hbond substituents is 14. The highest BCUT2D eigenvalue weighted by Gasteiger charge is 2.25. The molecule has 0 heterocycles. The first-order valence-electron chi connectivity index (χ1n) is 22.2. The summed E-state index contributed by atoms with van der Waals surface area (Å²) in [6.45, 7) is -0.406. The van der Waals surface area contributed by atoms with E-state index in [2.05, 4.69) is 0 Å². The fraction of sp³-hybridized carbons (Fsp3) is 0.308. The topological polar surface area (TPSA) is 324 Å². The summed E-state index contributed by atoms with van der Waals surface area (Å²) in [5.41, 5.74) is 5.45. The van der Waals surface area contributed by atoms with Crippen LogP contribution in [0.5, 0.6) is 80.5 Å². The average Bonchev–Trinajstić information content (AvgIpc) is 3.30. The number of aryl methyl sites for hydroxylation is 8. The van der Waals surface area contributed by atoms with Gasteiger partial charge in [-0.15, -0.1) is 0 Å². The highest BCUT2D eigenvalue weighted by atomic mass is 16.3. The molecular formula is C52H58O16. The normalized spacial score (nSPS) is 12.3. The fourth-order valence-electron chi connectivity index (χ4n) is 8.84. The Balaban J connectivity index is 1.33. The molecule has 0 radical (unpaired) electrons. The second-order valence-electron chi connectivity index (χ2n) is 17.4. The summed E-state index contributed by atoms with van der Waals surface area (Å²) in [6, 6.07) is 17.7. The SMILES string of the molecule is OCCC[C@@H](Cc1cc(CCc2cc(O)c(O)c(O)c2)c(O)c(CCc2cc(O)c(O)c(O)c2)c1)[C@@H](CO)Cc1cc(CCc2cc(O)c(O)c(O)c2)c(O)c(CCc2cc(O)c(O)c(O)c2)c1. The molecule has 0 aromatic heterocycles. The predicted octanol–water partition coefficient (Wildman–Crippen LogP) is 6.49. The van der Waals surface area contributed by atoms with Crippen LogP contribution in [-0.2, 0) is 64.2 Å². The molecule has 0 unspecified atom stereocenters. The van der Waals surface area contributed by atoms with Crippen molar-refractivity contribution in [3.63, 3.8) is 0 Å². The number of benzene rings is 6. The number of aliphatic hydroxyl groups is 2. The lowest BCUT2D eigenvalue weighted by Gasteiger charge is -2.27. The van der Waals surface area contributed by atoms with Gasteiger partial charge in [-0.3, -0.25) is 0 Å². The van der Waals surface area contributed by atoms with Crippen LogP contribution in [0.2, 0.25) is 0 Å². The molecule has 6 aromatic rings.